The van der Waals surface area contributed by atoms with Crippen molar-refractivity contribution in [2.45, 2.75) is 13.8 Å². The molecule has 0 saturated carbocycles. The summed E-state index contributed by atoms with van der Waals surface area (Å²) in [5.41, 5.74) is 0.514. The van der Waals surface area contributed by atoms with Crippen LogP contribution < -0.4 is 0 Å². The van der Waals surface area contributed by atoms with Gasteiger partial charge in [-0.25, -0.2) is 4.79 Å². The standard InChI is InChI=1S/C5H7ClO2/c1-3-4(2)5(7)8-6/h3H,1-2H3/b4-3+. The maximum Gasteiger partial charge on any atom is 0.351 e. The molecule has 0 amide bonds. The molecule has 0 aliphatic carbocycles. The van der Waals surface area contributed by atoms with Crippen molar-refractivity contribution in [3.63, 3.8) is 0 Å². The lowest BCUT2D eigenvalue weighted by Gasteiger charge is -1.89. The number of hydrogen-bond donors (Lipinski definition) is 0. The van der Waals surface area contributed by atoms with Crippen LogP contribution in [0.4, 0.5) is 0 Å². The van der Waals surface area contributed by atoms with Crippen molar-refractivity contribution in [1.29, 1.82) is 0 Å². The summed E-state index contributed by atoms with van der Waals surface area (Å²) in [6, 6.07) is 0. The van der Waals surface area contributed by atoms with Gasteiger partial charge in [0.15, 0.2) is 0 Å². The molecule has 0 aromatic heterocycles. The van der Waals surface area contributed by atoms with E-state index < -0.39 is 5.97 Å². The summed E-state index contributed by atoms with van der Waals surface area (Å²) >= 11 is 4.74. The van der Waals surface area contributed by atoms with Crippen molar-refractivity contribution in [2.75, 3.05) is 0 Å². The van der Waals surface area contributed by atoms with E-state index in [9.17, 15) is 4.79 Å². The molecule has 0 atom stereocenters. The van der Waals surface area contributed by atoms with Crippen LogP contribution in [-0.2, 0) is 9.08 Å². The average molecular weight is 135 g/mol. The smallest absolute Gasteiger partial charge is 0.343 e. The molecular formula is C5H7ClO2. The quantitative estimate of drug-likeness (QED) is 0.510. The molecule has 0 aliphatic heterocycles. The second-order valence-corrected chi connectivity index (χ2v) is 1.49. The lowest BCUT2D eigenvalue weighted by Crippen LogP contribution is -1.96. The van der Waals surface area contributed by atoms with Crippen molar-refractivity contribution < 1.29 is 9.08 Å². The summed E-state index contributed by atoms with van der Waals surface area (Å²) in [6.45, 7) is 3.37. The zero-order valence-corrected chi connectivity index (χ0v) is 5.53. The molecular weight excluding hydrogens is 128 g/mol. The Morgan fingerprint density at radius 3 is 2.38 bits per heavy atom. The maximum absolute atomic E-state index is 10.3. The first kappa shape index (κ1) is 7.50. The van der Waals surface area contributed by atoms with E-state index in [0.29, 0.717) is 5.57 Å². The highest BCUT2D eigenvalue weighted by atomic mass is 35.5. The van der Waals surface area contributed by atoms with Crippen LogP contribution >= 0.6 is 11.9 Å². The Labute approximate surface area is 53.3 Å². The largest absolute Gasteiger partial charge is 0.351 e. The Hall–Kier alpha value is -0.500. The highest BCUT2D eigenvalue weighted by molar-refractivity contribution is 6.15. The van der Waals surface area contributed by atoms with Crippen molar-refractivity contribution in [3.8, 4) is 0 Å². The van der Waals surface area contributed by atoms with Gasteiger partial charge in [0, 0.05) is 5.57 Å². The van der Waals surface area contributed by atoms with E-state index in [1.807, 2.05) is 0 Å². The van der Waals surface area contributed by atoms with Gasteiger partial charge >= 0.3 is 5.97 Å². The second kappa shape index (κ2) is 3.50. The summed E-state index contributed by atoms with van der Waals surface area (Å²) in [6.07, 6.45) is 1.63. The Balaban J connectivity index is 3.83. The van der Waals surface area contributed by atoms with Crippen LogP contribution in [0.5, 0.6) is 0 Å². The van der Waals surface area contributed by atoms with Gasteiger partial charge in [0.1, 0.15) is 11.9 Å². The fraction of sp³-hybridized carbons (Fsp3) is 0.400. The minimum atomic E-state index is -0.492. The van der Waals surface area contributed by atoms with Gasteiger partial charge < -0.3 is 4.29 Å². The molecule has 0 aromatic rings. The first-order valence-electron chi connectivity index (χ1n) is 2.18. The van der Waals surface area contributed by atoms with Gasteiger partial charge in [0.25, 0.3) is 0 Å². The van der Waals surface area contributed by atoms with E-state index in [2.05, 4.69) is 4.29 Å². The fourth-order valence-corrected chi connectivity index (χ4v) is 0.300. The molecule has 46 valence electrons. The summed E-state index contributed by atoms with van der Waals surface area (Å²) in [7, 11) is 0. The van der Waals surface area contributed by atoms with E-state index in [0.717, 1.165) is 0 Å². The molecule has 0 spiro atoms. The zero-order chi connectivity index (χ0) is 6.57. The Morgan fingerprint density at radius 2 is 2.25 bits per heavy atom. The van der Waals surface area contributed by atoms with Gasteiger partial charge in [0.2, 0.25) is 0 Å². The molecule has 2 nitrogen and oxygen atoms in total. The molecule has 0 unspecified atom stereocenters. The first-order valence-corrected chi connectivity index (χ1v) is 2.49. The van der Waals surface area contributed by atoms with Gasteiger partial charge in [-0.1, -0.05) is 6.08 Å². The SMILES string of the molecule is C/C=C(\C)C(=O)OCl. The van der Waals surface area contributed by atoms with Crippen LogP contribution in [0.3, 0.4) is 0 Å². The van der Waals surface area contributed by atoms with Crippen LogP contribution in [0, 0.1) is 0 Å². The van der Waals surface area contributed by atoms with Gasteiger partial charge in [-0.3, -0.25) is 0 Å². The minimum absolute atomic E-state index is 0.492. The molecule has 8 heavy (non-hydrogen) atoms. The highest BCUT2D eigenvalue weighted by Crippen LogP contribution is 1.96. The molecule has 0 bridgehead atoms. The number of carbonyl (C=O) groups excluding carboxylic acids is 1. The summed E-state index contributed by atoms with van der Waals surface area (Å²) in [5, 5.41) is 0. The van der Waals surface area contributed by atoms with Gasteiger partial charge in [-0.05, 0) is 13.8 Å². The van der Waals surface area contributed by atoms with Crippen molar-refractivity contribution in [2.24, 2.45) is 0 Å². The number of hydrogen-bond acceptors (Lipinski definition) is 2. The summed E-state index contributed by atoms with van der Waals surface area (Å²) < 4.78 is 3.87. The lowest BCUT2D eigenvalue weighted by atomic mass is 10.3. The second-order valence-electron chi connectivity index (χ2n) is 1.34. The number of halogens is 1. The van der Waals surface area contributed by atoms with Crippen molar-refractivity contribution in [3.05, 3.63) is 11.6 Å². The molecule has 0 aromatic carbocycles. The predicted molar refractivity (Wildman–Crippen MR) is 31.4 cm³/mol. The summed E-state index contributed by atoms with van der Waals surface area (Å²) in [5.74, 6) is -0.492. The third-order valence-electron chi connectivity index (χ3n) is 0.825. The number of rotatable bonds is 1. The van der Waals surface area contributed by atoms with Gasteiger partial charge in [-0.2, -0.15) is 0 Å². The van der Waals surface area contributed by atoms with Crippen LogP contribution in [0.2, 0.25) is 0 Å². The van der Waals surface area contributed by atoms with Crippen molar-refractivity contribution in [1.82, 2.24) is 0 Å². The lowest BCUT2D eigenvalue weighted by molar-refractivity contribution is -0.129. The number of carbonyl (C=O) groups is 1. The molecule has 0 saturated heterocycles. The third kappa shape index (κ3) is 1.98. The normalized spacial score (nSPS) is 11.1. The maximum atomic E-state index is 10.3. The summed E-state index contributed by atoms with van der Waals surface area (Å²) in [4.78, 5) is 10.3. The van der Waals surface area contributed by atoms with E-state index >= 15 is 0 Å². The van der Waals surface area contributed by atoms with Gasteiger partial charge in [-0.15, -0.1) is 0 Å². The third-order valence-corrected chi connectivity index (χ3v) is 0.965. The van der Waals surface area contributed by atoms with Crippen molar-refractivity contribution >= 4 is 17.8 Å². The molecule has 0 N–H and O–H groups in total. The zero-order valence-electron chi connectivity index (χ0n) is 4.77. The fourth-order valence-electron chi connectivity index (χ4n) is 0.179. The van der Waals surface area contributed by atoms with E-state index in [-0.39, 0.29) is 0 Å². The minimum Gasteiger partial charge on any atom is -0.343 e. The van der Waals surface area contributed by atoms with Crippen LogP contribution in [0.15, 0.2) is 11.6 Å². The molecule has 0 aliphatic rings. The highest BCUT2D eigenvalue weighted by Gasteiger charge is 2.00. The predicted octanol–water partition coefficient (Wildman–Crippen LogP) is 1.65. The van der Waals surface area contributed by atoms with E-state index in [4.69, 9.17) is 11.9 Å². The molecule has 3 heteroatoms. The number of allylic oxidation sites excluding steroid dienone is 1. The van der Waals surface area contributed by atoms with Gasteiger partial charge in [0.05, 0.1) is 0 Å². The molecule has 0 heterocycles. The van der Waals surface area contributed by atoms with E-state index in [1.165, 1.54) is 0 Å². The Kier molecular flexibility index (Phi) is 3.28. The molecule has 0 fully saturated rings. The average Bonchev–Trinajstić information content (AvgIpc) is 1.84. The molecule has 0 rings (SSSR count). The van der Waals surface area contributed by atoms with Crippen LogP contribution in [0.1, 0.15) is 13.8 Å². The Morgan fingerprint density at radius 1 is 1.75 bits per heavy atom. The monoisotopic (exact) mass is 134 g/mol. The Bertz CT molecular complexity index is 118. The topological polar surface area (TPSA) is 26.3 Å². The van der Waals surface area contributed by atoms with Crippen LogP contribution in [0.25, 0.3) is 0 Å². The van der Waals surface area contributed by atoms with E-state index in [1.54, 1.807) is 19.9 Å². The first-order chi connectivity index (χ1) is 3.72. The molecule has 0 radical (unpaired) electrons. The van der Waals surface area contributed by atoms with Crippen LogP contribution in [-0.4, -0.2) is 5.97 Å².